The molecule has 0 bridgehead atoms. The molecule has 3 rings (SSSR count). The first-order valence-electron chi connectivity index (χ1n) is 6.29. The number of amides is 2. The lowest BCUT2D eigenvalue weighted by atomic mass is 9.98. The van der Waals surface area contributed by atoms with Crippen molar-refractivity contribution in [2.75, 3.05) is 0 Å². The third kappa shape index (κ3) is 2.74. The highest BCUT2D eigenvalue weighted by molar-refractivity contribution is 6.30. The number of hydrogen-bond acceptors (Lipinski definition) is 1. The highest BCUT2D eigenvalue weighted by Gasteiger charge is 2.34. The molecule has 0 spiro atoms. The maximum atomic E-state index is 13.2. The highest BCUT2D eigenvalue weighted by Crippen LogP contribution is 2.31. The van der Waals surface area contributed by atoms with Crippen LogP contribution >= 0.6 is 11.6 Å². The van der Waals surface area contributed by atoms with Gasteiger partial charge in [-0.05, 0) is 35.4 Å². The number of rotatable bonds is 2. The number of fused-ring (bicyclic) bond motifs is 1. The summed E-state index contributed by atoms with van der Waals surface area (Å²) in [4.78, 5) is 18.5. The van der Waals surface area contributed by atoms with Gasteiger partial charge in [0.1, 0.15) is 0 Å². The van der Waals surface area contributed by atoms with Gasteiger partial charge in [-0.1, -0.05) is 23.7 Å². The molecule has 0 atom stereocenters. The van der Waals surface area contributed by atoms with Crippen molar-refractivity contribution >= 4 is 17.6 Å². The Balaban J connectivity index is 2.19. The summed E-state index contributed by atoms with van der Waals surface area (Å²) in [5, 5.41) is 0.657. The molecule has 7 heteroatoms. The molecule has 0 aliphatic carbocycles. The molecule has 112 valence electrons. The first-order valence-corrected chi connectivity index (χ1v) is 6.67. The summed E-state index contributed by atoms with van der Waals surface area (Å²) in [6.45, 7) is 0. The highest BCUT2D eigenvalue weighted by atomic mass is 35.5. The zero-order valence-electron chi connectivity index (χ0n) is 11.0. The van der Waals surface area contributed by atoms with Crippen LogP contribution in [0, 0.1) is 0 Å². The van der Waals surface area contributed by atoms with Crippen molar-refractivity contribution in [3.8, 4) is 0 Å². The van der Waals surface area contributed by atoms with Gasteiger partial charge in [0.05, 0.1) is 16.3 Å². The Morgan fingerprint density at radius 2 is 1.68 bits per heavy atom. The van der Waals surface area contributed by atoms with Crippen LogP contribution in [0.5, 0.6) is 0 Å². The van der Waals surface area contributed by atoms with Crippen LogP contribution < -0.4 is 10.7 Å². The quantitative estimate of drug-likeness (QED) is 0.835. The van der Waals surface area contributed by atoms with Crippen molar-refractivity contribution in [3.05, 3.63) is 68.8 Å². The second kappa shape index (κ2) is 5.21. The summed E-state index contributed by atoms with van der Waals surface area (Å²) >= 11 is 5.77. The molecule has 0 saturated heterocycles. The smallest absolute Gasteiger partial charge is 0.244 e. The molecule has 0 aromatic heterocycles. The second-order valence-electron chi connectivity index (χ2n) is 4.77. The summed E-state index contributed by atoms with van der Waals surface area (Å²) in [6, 6.07) is 7.78. The fourth-order valence-corrected chi connectivity index (χ4v) is 2.44. The Hall–Kier alpha value is -2.21. The summed E-state index contributed by atoms with van der Waals surface area (Å²) < 4.78 is 39.6. The van der Waals surface area contributed by atoms with Gasteiger partial charge < -0.3 is 0 Å². The van der Waals surface area contributed by atoms with Crippen molar-refractivity contribution < 1.29 is 18.0 Å². The van der Waals surface area contributed by atoms with E-state index in [1.807, 2.05) is 0 Å². The molecular weight excluding hydrogens is 317 g/mol. The number of alkyl halides is 3. The number of urea groups is 1. The van der Waals surface area contributed by atoms with Gasteiger partial charge in [0.25, 0.3) is 0 Å². The topological polar surface area (TPSA) is 41.8 Å². The predicted octanol–water partition coefficient (Wildman–Crippen LogP) is 3.32. The number of benzene rings is 2. The second-order valence-corrected chi connectivity index (χ2v) is 5.20. The molecular formula is C15H8ClF3N2O. The predicted molar refractivity (Wildman–Crippen MR) is 73.4 cm³/mol. The van der Waals surface area contributed by atoms with Gasteiger partial charge in [0.15, 0.2) is 0 Å². The van der Waals surface area contributed by atoms with Crippen molar-refractivity contribution in [1.82, 2.24) is 0 Å². The molecule has 2 aromatic rings. The molecule has 22 heavy (non-hydrogen) atoms. The molecule has 1 aliphatic rings. The monoisotopic (exact) mass is 324 g/mol. The number of carbonyl (C=O) groups is 1. The van der Waals surface area contributed by atoms with E-state index in [-0.39, 0.29) is 22.7 Å². The SMILES string of the molecule is O=C1N=c2ccc(C(F)(F)F)c(Cc3ccc(Cl)cc3)c2=N1. The van der Waals surface area contributed by atoms with Gasteiger partial charge in [-0.15, -0.1) is 0 Å². The van der Waals surface area contributed by atoms with E-state index in [0.717, 1.165) is 12.1 Å². The Labute approximate surface area is 127 Å². The number of halogens is 4. The number of carbonyl (C=O) groups excluding carboxylic acids is 1. The first kappa shape index (κ1) is 14.7. The van der Waals surface area contributed by atoms with Crippen LogP contribution in [-0.2, 0) is 12.6 Å². The largest absolute Gasteiger partial charge is 0.416 e. The Bertz CT molecular complexity index is 873. The van der Waals surface area contributed by atoms with Crippen LogP contribution in [0.3, 0.4) is 0 Å². The third-order valence-corrected chi connectivity index (χ3v) is 3.54. The minimum absolute atomic E-state index is 0.00484. The van der Waals surface area contributed by atoms with Gasteiger partial charge in [0, 0.05) is 11.4 Å². The molecule has 2 amide bonds. The van der Waals surface area contributed by atoms with Crippen LogP contribution in [0.2, 0.25) is 5.02 Å². The van der Waals surface area contributed by atoms with E-state index in [1.165, 1.54) is 0 Å². The average Bonchev–Trinajstić information content (AvgIpc) is 2.81. The molecule has 3 nitrogen and oxygen atoms in total. The molecule has 0 saturated carbocycles. The summed E-state index contributed by atoms with van der Waals surface area (Å²) in [6.07, 6.45) is -4.54. The van der Waals surface area contributed by atoms with E-state index in [0.29, 0.717) is 10.6 Å². The van der Waals surface area contributed by atoms with Crippen molar-refractivity contribution in [3.63, 3.8) is 0 Å². The number of nitrogens with zero attached hydrogens (tertiary/aromatic N) is 2. The van der Waals surface area contributed by atoms with Crippen LogP contribution in [0.15, 0.2) is 46.4 Å². The van der Waals surface area contributed by atoms with E-state index in [4.69, 9.17) is 11.6 Å². The van der Waals surface area contributed by atoms with E-state index in [9.17, 15) is 18.0 Å². The fraction of sp³-hybridized carbons (Fsp3) is 0.133. The van der Waals surface area contributed by atoms with Crippen molar-refractivity contribution in [2.24, 2.45) is 9.98 Å². The van der Waals surface area contributed by atoms with Gasteiger partial charge in [-0.3, -0.25) is 0 Å². The maximum absolute atomic E-state index is 13.2. The zero-order chi connectivity index (χ0) is 15.9. The Morgan fingerprint density at radius 1 is 1.00 bits per heavy atom. The van der Waals surface area contributed by atoms with Crippen molar-refractivity contribution in [1.29, 1.82) is 0 Å². The van der Waals surface area contributed by atoms with Crippen LogP contribution in [-0.4, -0.2) is 6.03 Å². The van der Waals surface area contributed by atoms with E-state index in [1.54, 1.807) is 24.3 Å². The molecule has 0 radical (unpaired) electrons. The van der Waals surface area contributed by atoms with Gasteiger partial charge in [0.2, 0.25) is 0 Å². The molecule has 2 aromatic carbocycles. The molecule has 1 heterocycles. The first-order chi connectivity index (χ1) is 10.3. The van der Waals surface area contributed by atoms with Crippen LogP contribution in [0.4, 0.5) is 18.0 Å². The Morgan fingerprint density at radius 3 is 2.32 bits per heavy atom. The zero-order valence-corrected chi connectivity index (χ0v) is 11.7. The van der Waals surface area contributed by atoms with Gasteiger partial charge >= 0.3 is 12.2 Å². The molecule has 0 fully saturated rings. The van der Waals surface area contributed by atoms with E-state index >= 15 is 0 Å². The third-order valence-electron chi connectivity index (χ3n) is 3.28. The lowest BCUT2D eigenvalue weighted by molar-refractivity contribution is -0.138. The van der Waals surface area contributed by atoms with Crippen LogP contribution in [0.25, 0.3) is 0 Å². The Kier molecular flexibility index (Phi) is 3.48. The van der Waals surface area contributed by atoms with Crippen molar-refractivity contribution in [2.45, 2.75) is 12.6 Å². The average molecular weight is 325 g/mol. The molecule has 1 aliphatic heterocycles. The lowest BCUT2D eigenvalue weighted by Crippen LogP contribution is -2.30. The maximum Gasteiger partial charge on any atom is 0.416 e. The van der Waals surface area contributed by atoms with Gasteiger partial charge in [-0.2, -0.15) is 23.2 Å². The minimum Gasteiger partial charge on any atom is -0.244 e. The standard InChI is InChI=1S/C15H8ClF3N2O/c16-9-3-1-8(2-4-9)7-10-11(15(17,18)19)5-6-12-13(10)21-14(22)20-12/h1-6H,7H2. The summed E-state index contributed by atoms with van der Waals surface area (Å²) in [5.41, 5.74) is -0.227. The van der Waals surface area contributed by atoms with Gasteiger partial charge in [-0.25, -0.2) is 4.79 Å². The normalized spacial score (nSPS) is 13.5. The number of hydrogen-bond donors (Lipinski definition) is 0. The lowest BCUT2D eigenvalue weighted by Gasteiger charge is -2.12. The fourth-order valence-electron chi connectivity index (χ4n) is 2.31. The molecule has 0 N–H and O–H groups in total. The van der Waals surface area contributed by atoms with Crippen LogP contribution in [0.1, 0.15) is 16.7 Å². The minimum atomic E-state index is -4.53. The van der Waals surface area contributed by atoms with E-state index < -0.39 is 17.8 Å². The summed E-state index contributed by atoms with van der Waals surface area (Å²) in [5.74, 6) is 0. The molecule has 0 unspecified atom stereocenters. The summed E-state index contributed by atoms with van der Waals surface area (Å²) in [7, 11) is 0. The van der Waals surface area contributed by atoms with E-state index in [2.05, 4.69) is 9.98 Å².